The van der Waals surface area contributed by atoms with Crippen LogP contribution in [0.25, 0.3) is 53.6 Å². The fourth-order valence-electron chi connectivity index (χ4n) is 4.29. The minimum Gasteiger partial charge on any atom is -0.467 e. The van der Waals surface area contributed by atoms with E-state index in [-0.39, 0.29) is 26.7 Å². The molecule has 4 rings (SSSR count). The minimum absolute atomic E-state index is 0.0147. The zero-order valence-electron chi connectivity index (χ0n) is 19.9. The van der Waals surface area contributed by atoms with Crippen LogP contribution in [-0.4, -0.2) is 27.8 Å². The normalized spacial score (nSPS) is 10.6. The maximum atomic E-state index is 9.01. The van der Waals surface area contributed by atoms with Crippen LogP contribution in [0, 0.1) is 0 Å². The first-order valence-corrected chi connectivity index (χ1v) is 11.1. The Balaban J connectivity index is 2.20. The third-order valence-electron chi connectivity index (χ3n) is 5.66. The smallest absolute Gasteiger partial charge is 0.188 e. The van der Waals surface area contributed by atoms with Crippen LogP contribution in [0.4, 0.5) is 0 Å². The van der Waals surface area contributed by atoms with Gasteiger partial charge < -0.3 is 18.9 Å². The number of hydrogen-bond acceptors (Lipinski definition) is 6. The van der Waals surface area contributed by atoms with E-state index in [9.17, 15) is 0 Å². The highest BCUT2D eigenvalue weighted by Gasteiger charge is 2.24. The van der Waals surface area contributed by atoms with Gasteiger partial charge in [0.2, 0.25) is 0 Å². The second-order valence-corrected chi connectivity index (χ2v) is 7.80. The van der Waals surface area contributed by atoms with Crippen molar-refractivity contribution < 1.29 is 18.9 Å². The van der Waals surface area contributed by atoms with Gasteiger partial charge in [-0.05, 0) is 44.7 Å². The van der Waals surface area contributed by atoms with Gasteiger partial charge in [-0.25, -0.2) is 0 Å². The topological polar surface area (TPSA) is 134 Å². The second-order valence-electron chi connectivity index (χ2n) is 7.80. The molecule has 0 aliphatic heterocycles. The summed E-state index contributed by atoms with van der Waals surface area (Å²) in [7, 11) is 3.08. The largest absolute Gasteiger partial charge is 0.467 e. The van der Waals surface area contributed by atoms with Gasteiger partial charge in [0.15, 0.2) is 13.6 Å². The van der Waals surface area contributed by atoms with Crippen LogP contribution >= 0.6 is 0 Å². The molecular weight excluding hydrogens is 460 g/mol. The Hall–Kier alpha value is -4.46. The van der Waals surface area contributed by atoms with E-state index in [1.807, 2.05) is 60.7 Å². The number of nitrogens with zero attached hydrogens (tertiary/aromatic N) is 6. The summed E-state index contributed by atoms with van der Waals surface area (Å²) in [4.78, 5) is 5.88. The number of methoxy groups -OCH3 is 2. The Morgan fingerprint density at radius 1 is 0.667 bits per heavy atom. The first-order chi connectivity index (χ1) is 17.7. The van der Waals surface area contributed by atoms with Crippen molar-refractivity contribution >= 4 is 21.5 Å². The van der Waals surface area contributed by atoms with E-state index in [1.54, 1.807) is 0 Å². The number of azide groups is 2. The van der Waals surface area contributed by atoms with Crippen molar-refractivity contribution in [3.05, 3.63) is 92.7 Å². The zero-order valence-corrected chi connectivity index (χ0v) is 19.9. The molecule has 0 atom stereocenters. The molecule has 10 heteroatoms. The van der Waals surface area contributed by atoms with Crippen LogP contribution in [0.2, 0.25) is 0 Å². The van der Waals surface area contributed by atoms with Crippen LogP contribution < -0.4 is 9.47 Å². The summed E-state index contributed by atoms with van der Waals surface area (Å²) < 4.78 is 22.7. The lowest BCUT2D eigenvalue weighted by molar-refractivity contribution is 0.0495. The lowest BCUT2D eigenvalue weighted by atomic mass is 9.88. The van der Waals surface area contributed by atoms with Crippen molar-refractivity contribution in [2.75, 3.05) is 27.8 Å². The molecule has 0 N–H and O–H groups in total. The van der Waals surface area contributed by atoms with Gasteiger partial charge in [-0.1, -0.05) is 58.8 Å². The van der Waals surface area contributed by atoms with Crippen LogP contribution in [0.1, 0.15) is 11.1 Å². The average Bonchev–Trinajstić information content (AvgIpc) is 2.91. The predicted molar refractivity (Wildman–Crippen MR) is 138 cm³/mol. The molecule has 0 fully saturated rings. The predicted octanol–water partition coefficient (Wildman–Crippen LogP) is 7.25. The molecule has 0 aliphatic rings. The number of hydrogen-bond donors (Lipinski definition) is 0. The van der Waals surface area contributed by atoms with E-state index >= 15 is 0 Å². The van der Waals surface area contributed by atoms with Gasteiger partial charge in [0.1, 0.15) is 11.5 Å². The summed E-state index contributed by atoms with van der Waals surface area (Å²) in [6.45, 7) is 0.133. The van der Waals surface area contributed by atoms with Crippen LogP contribution in [0.5, 0.6) is 11.5 Å². The Morgan fingerprint density at radius 3 is 1.47 bits per heavy atom. The standard InChI is InChI=1S/C26H24N6O4/c1-33-15-35-25-19(13-29-31-27)11-17-7-3-5-9-21(17)23(25)24-22-10-6-4-8-18(22)12-20(14-30-32-28)26(24)36-16-34-2/h3-12H,13-16H2,1-2H3. The fourth-order valence-corrected chi connectivity index (χ4v) is 4.29. The van der Waals surface area contributed by atoms with Crippen LogP contribution in [-0.2, 0) is 22.6 Å². The minimum atomic E-state index is -0.0147. The van der Waals surface area contributed by atoms with E-state index in [2.05, 4.69) is 20.1 Å². The Labute approximate surface area is 207 Å². The summed E-state index contributed by atoms with van der Waals surface area (Å²) in [5.41, 5.74) is 20.9. The van der Waals surface area contributed by atoms with E-state index in [0.717, 1.165) is 32.7 Å². The first-order valence-electron chi connectivity index (χ1n) is 11.1. The molecule has 0 spiro atoms. The van der Waals surface area contributed by atoms with Gasteiger partial charge in [0.25, 0.3) is 0 Å². The van der Waals surface area contributed by atoms with E-state index in [4.69, 9.17) is 30.0 Å². The maximum Gasteiger partial charge on any atom is 0.188 e. The fraction of sp³-hybridized carbons (Fsp3) is 0.231. The molecule has 0 saturated heterocycles. The maximum absolute atomic E-state index is 9.01. The van der Waals surface area contributed by atoms with Gasteiger partial charge in [-0.15, -0.1) is 0 Å². The summed E-state index contributed by atoms with van der Waals surface area (Å²) in [6.07, 6.45) is 0. The molecule has 182 valence electrons. The monoisotopic (exact) mass is 484 g/mol. The number of rotatable bonds is 11. The lowest BCUT2D eigenvalue weighted by Gasteiger charge is -2.23. The molecule has 4 aromatic rings. The third-order valence-corrected chi connectivity index (χ3v) is 5.66. The van der Waals surface area contributed by atoms with Gasteiger partial charge >= 0.3 is 0 Å². The van der Waals surface area contributed by atoms with Crippen molar-refractivity contribution in [2.24, 2.45) is 10.2 Å². The zero-order chi connectivity index (χ0) is 25.3. The van der Waals surface area contributed by atoms with Crippen molar-refractivity contribution in [3.63, 3.8) is 0 Å². The lowest BCUT2D eigenvalue weighted by Crippen LogP contribution is -2.07. The molecule has 0 aliphatic carbocycles. The van der Waals surface area contributed by atoms with E-state index < -0.39 is 0 Å². The van der Waals surface area contributed by atoms with E-state index in [1.165, 1.54) is 14.2 Å². The first kappa shape index (κ1) is 24.7. The van der Waals surface area contributed by atoms with Gasteiger partial charge in [0, 0.05) is 46.3 Å². The average molecular weight is 485 g/mol. The van der Waals surface area contributed by atoms with Crippen LogP contribution in [0.3, 0.4) is 0 Å². The summed E-state index contributed by atoms with van der Waals surface area (Å²) in [5.74, 6) is 1.02. The highest BCUT2D eigenvalue weighted by atomic mass is 16.7. The van der Waals surface area contributed by atoms with E-state index in [0.29, 0.717) is 22.6 Å². The Kier molecular flexibility index (Phi) is 8.08. The molecule has 0 aromatic heterocycles. The highest BCUT2D eigenvalue weighted by molar-refractivity contribution is 6.10. The number of ether oxygens (including phenoxy) is 4. The van der Waals surface area contributed by atoms with Gasteiger partial charge in [-0.2, -0.15) is 0 Å². The molecular formula is C26H24N6O4. The van der Waals surface area contributed by atoms with Crippen molar-refractivity contribution in [3.8, 4) is 22.6 Å². The molecule has 0 heterocycles. The van der Waals surface area contributed by atoms with Gasteiger partial charge in [0.05, 0.1) is 13.1 Å². The molecule has 0 amide bonds. The summed E-state index contributed by atoms with van der Waals surface area (Å²) in [6, 6.07) is 19.6. The molecule has 0 saturated carbocycles. The highest BCUT2D eigenvalue weighted by Crippen LogP contribution is 2.48. The molecule has 4 aromatic carbocycles. The third kappa shape index (κ3) is 4.98. The Morgan fingerprint density at radius 2 is 1.08 bits per heavy atom. The molecule has 36 heavy (non-hydrogen) atoms. The van der Waals surface area contributed by atoms with Crippen molar-refractivity contribution in [1.29, 1.82) is 0 Å². The number of fused-ring (bicyclic) bond motifs is 2. The van der Waals surface area contributed by atoms with Gasteiger partial charge in [-0.3, -0.25) is 0 Å². The second kappa shape index (κ2) is 11.8. The summed E-state index contributed by atoms with van der Waals surface area (Å²) in [5, 5.41) is 11.3. The van der Waals surface area contributed by atoms with Crippen molar-refractivity contribution in [1.82, 2.24) is 0 Å². The molecule has 0 unspecified atom stereocenters. The quantitative estimate of drug-likeness (QED) is 0.0958. The van der Waals surface area contributed by atoms with Crippen LogP contribution in [0.15, 0.2) is 70.9 Å². The molecule has 10 nitrogen and oxygen atoms in total. The SMILES string of the molecule is COCOc1c(CN=[N+]=[N-])cc2ccccc2c1-c1c(OCOC)c(CN=[N+]=[N-])cc2ccccc12. The Bertz CT molecular complexity index is 1380. The molecule has 0 radical (unpaired) electrons. The number of benzene rings is 4. The molecule has 0 bridgehead atoms. The van der Waals surface area contributed by atoms with Crippen molar-refractivity contribution in [2.45, 2.75) is 13.1 Å². The summed E-state index contributed by atoms with van der Waals surface area (Å²) >= 11 is 0.